The number of pyridine rings is 1. The van der Waals surface area contributed by atoms with E-state index in [9.17, 15) is 13.6 Å². The van der Waals surface area contributed by atoms with Crippen molar-refractivity contribution in [1.29, 1.82) is 0 Å². The maximum absolute atomic E-state index is 12.3. The van der Waals surface area contributed by atoms with Crippen molar-refractivity contribution in [2.24, 2.45) is 5.92 Å². The zero-order chi connectivity index (χ0) is 19.9. The molecule has 0 saturated heterocycles. The number of fused-ring (bicyclic) bond motifs is 1. The average Bonchev–Trinajstić information content (AvgIpc) is 2.87. The summed E-state index contributed by atoms with van der Waals surface area (Å²) >= 11 is 0. The number of aromatic nitrogens is 1. The fourth-order valence-electron chi connectivity index (χ4n) is 4.31. The quantitative estimate of drug-likeness (QED) is 0.770. The van der Waals surface area contributed by atoms with Gasteiger partial charge >= 0.3 is 0 Å². The van der Waals surface area contributed by atoms with E-state index >= 15 is 0 Å². The molecule has 0 atom stereocenters. The summed E-state index contributed by atoms with van der Waals surface area (Å²) in [7, 11) is 0. The van der Waals surface area contributed by atoms with Crippen molar-refractivity contribution in [3.63, 3.8) is 0 Å². The number of rotatable bonds is 7. The molecular formula is C21H31F2N3O2. The Labute approximate surface area is 165 Å². The number of carbonyl (C=O) groups is 1. The number of nitrogens with one attached hydrogen (secondary N) is 1. The number of alkyl halides is 2. The molecule has 1 aromatic rings. The topological polar surface area (TPSA) is 54.5 Å². The molecule has 5 nitrogen and oxygen atoms in total. The normalized spacial score (nSPS) is 23.1. The smallest absolute Gasteiger partial charge is 0.272 e. The largest absolute Gasteiger partial charge is 0.472 e. The fourth-order valence-corrected chi connectivity index (χ4v) is 4.31. The van der Waals surface area contributed by atoms with Crippen molar-refractivity contribution in [2.75, 3.05) is 26.2 Å². The third-order valence-electron chi connectivity index (χ3n) is 5.87. The van der Waals surface area contributed by atoms with Crippen LogP contribution in [0.3, 0.4) is 0 Å². The van der Waals surface area contributed by atoms with E-state index in [0.29, 0.717) is 11.9 Å². The Morgan fingerprint density at radius 3 is 2.71 bits per heavy atom. The lowest BCUT2D eigenvalue weighted by Crippen LogP contribution is -2.37. The van der Waals surface area contributed by atoms with Crippen molar-refractivity contribution < 1.29 is 18.3 Å². The molecule has 1 aliphatic heterocycles. The van der Waals surface area contributed by atoms with E-state index in [0.717, 1.165) is 56.9 Å². The van der Waals surface area contributed by atoms with Crippen LogP contribution in [0.5, 0.6) is 5.88 Å². The lowest BCUT2D eigenvalue weighted by Gasteiger charge is -2.30. The van der Waals surface area contributed by atoms with Gasteiger partial charge in [0.25, 0.3) is 6.43 Å². The molecule has 156 valence electrons. The van der Waals surface area contributed by atoms with Crippen LogP contribution in [0.1, 0.15) is 50.3 Å². The lowest BCUT2D eigenvalue weighted by molar-refractivity contribution is -0.119. The maximum Gasteiger partial charge on any atom is 0.272 e. The van der Waals surface area contributed by atoms with Crippen molar-refractivity contribution in [3.8, 4) is 5.88 Å². The summed E-state index contributed by atoms with van der Waals surface area (Å²) in [4.78, 5) is 18.1. The van der Waals surface area contributed by atoms with Gasteiger partial charge in [0.1, 0.15) is 0 Å². The summed E-state index contributed by atoms with van der Waals surface area (Å²) in [6, 6.07) is 4.02. The molecule has 28 heavy (non-hydrogen) atoms. The molecule has 0 spiro atoms. The zero-order valence-electron chi connectivity index (χ0n) is 16.6. The second-order valence-corrected chi connectivity index (χ2v) is 8.01. The van der Waals surface area contributed by atoms with E-state index in [4.69, 9.17) is 4.74 Å². The van der Waals surface area contributed by atoms with E-state index < -0.39 is 13.0 Å². The molecule has 1 amide bonds. The van der Waals surface area contributed by atoms with Crippen LogP contribution in [-0.4, -0.2) is 54.5 Å². The summed E-state index contributed by atoms with van der Waals surface area (Å²) < 4.78 is 29.7. The molecule has 7 heteroatoms. The molecule has 1 aliphatic carbocycles. The molecule has 1 aromatic heterocycles. The molecule has 2 heterocycles. The van der Waals surface area contributed by atoms with Gasteiger partial charge in [-0.3, -0.25) is 4.79 Å². The molecule has 0 aromatic carbocycles. The van der Waals surface area contributed by atoms with Gasteiger partial charge in [-0.2, -0.15) is 0 Å². The molecule has 0 bridgehead atoms. The predicted octanol–water partition coefficient (Wildman–Crippen LogP) is 3.21. The molecule has 1 saturated carbocycles. The van der Waals surface area contributed by atoms with Crippen molar-refractivity contribution in [3.05, 3.63) is 23.4 Å². The summed E-state index contributed by atoms with van der Waals surface area (Å²) in [5.41, 5.74) is 2.17. The summed E-state index contributed by atoms with van der Waals surface area (Å²) in [5, 5.41) is 3.04. The van der Waals surface area contributed by atoms with Crippen LogP contribution < -0.4 is 10.1 Å². The number of hydrogen-bond acceptors (Lipinski definition) is 4. The highest BCUT2D eigenvalue weighted by atomic mass is 19.3. The highest BCUT2D eigenvalue weighted by Crippen LogP contribution is 2.27. The highest BCUT2D eigenvalue weighted by Gasteiger charge is 2.23. The second-order valence-electron chi connectivity index (χ2n) is 8.01. The van der Waals surface area contributed by atoms with Gasteiger partial charge in [-0.1, -0.05) is 6.07 Å². The van der Waals surface area contributed by atoms with Crippen LogP contribution in [0.15, 0.2) is 12.1 Å². The van der Waals surface area contributed by atoms with Crippen LogP contribution in [0, 0.1) is 5.92 Å². The minimum atomic E-state index is -2.48. The SMILES string of the molecule is CC(=O)NC1CCC(CCN2CCc3ccc(OCC(F)F)nc3CC2)CC1. The Morgan fingerprint density at radius 2 is 2.00 bits per heavy atom. The Balaban J connectivity index is 1.42. The first-order valence-corrected chi connectivity index (χ1v) is 10.4. The molecule has 3 rings (SSSR count). The van der Waals surface area contributed by atoms with Gasteiger partial charge in [-0.05, 0) is 56.6 Å². The Hall–Kier alpha value is -1.76. The van der Waals surface area contributed by atoms with E-state index in [2.05, 4.69) is 15.2 Å². The summed E-state index contributed by atoms with van der Waals surface area (Å²) in [6.45, 7) is 4.01. The van der Waals surface area contributed by atoms with Gasteiger partial charge in [0.15, 0.2) is 6.61 Å². The molecule has 1 fully saturated rings. The van der Waals surface area contributed by atoms with E-state index in [1.807, 2.05) is 6.07 Å². The average molecular weight is 395 g/mol. The fraction of sp³-hybridized carbons (Fsp3) is 0.714. The molecule has 0 radical (unpaired) electrons. The number of halogens is 2. The first-order valence-electron chi connectivity index (χ1n) is 10.4. The van der Waals surface area contributed by atoms with E-state index in [-0.39, 0.29) is 5.91 Å². The number of hydrogen-bond donors (Lipinski definition) is 1. The summed E-state index contributed by atoms with van der Waals surface area (Å²) in [5.74, 6) is 1.11. The van der Waals surface area contributed by atoms with Crippen LogP contribution in [0.4, 0.5) is 8.78 Å². The minimum Gasteiger partial charge on any atom is -0.472 e. The third kappa shape index (κ3) is 6.40. The van der Waals surface area contributed by atoms with Crippen molar-refractivity contribution in [1.82, 2.24) is 15.2 Å². The summed E-state index contributed by atoms with van der Waals surface area (Å²) in [6.07, 6.45) is 5.02. The van der Waals surface area contributed by atoms with Crippen LogP contribution >= 0.6 is 0 Å². The number of nitrogens with zero attached hydrogens (tertiary/aromatic N) is 2. The Bertz CT molecular complexity index is 649. The van der Waals surface area contributed by atoms with Gasteiger partial charge in [0, 0.05) is 44.2 Å². The lowest BCUT2D eigenvalue weighted by atomic mass is 9.84. The van der Waals surface area contributed by atoms with E-state index in [1.165, 1.54) is 24.8 Å². The van der Waals surface area contributed by atoms with Crippen molar-refractivity contribution >= 4 is 5.91 Å². The van der Waals surface area contributed by atoms with E-state index in [1.54, 1.807) is 13.0 Å². The molecule has 2 aliphatic rings. The van der Waals surface area contributed by atoms with Crippen LogP contribution in [0.25, 0.3) is 0 Å². The third-order valence-corrected chi connectivity index (χ3v) is 5.87. The molecular weight excluding hydrogens is 364 g/mol. The highest BCUT2D eigenvalue weighted by molar-refractivity contribution is 5.73. The van der Waals surface area contributed by atoms with Gasteiger partial charge in [-0.25, -0.2) is 13.8 Å². The van der Waals surface area contributed by atoms with Gasteiger partial charge in [0.05, 0.1) is 0 Å². The number of carbonyl (C=O) groups excluding carboxylic acids is 1. The van der Waals surface area contributed by atoms with Gasteiger partial charge in [0.2, 0.25) is 11.8 Å². The first-order chi connectivity index (χ1) is 13.5. The molecule has 0 unspecified atom stereocenters. The van der Waals surface area contributed by atoms with Crippen LogP contribution in [0.2, 0.25) is 0 Å². The van der Waals surface area contributed by atoms with Gasteiger partial charge in [-0.15, -0.1) is 0 Å². The zero-order valence-corrected chi connectivity index (χ0v) is 16.6. The van der Waals surface area contributed by atoms with Crippen LogP contribution in [-0.2, 0) is 17.6 Å². The monoisotopic (exact) mass is 395 g/mol. The maximum atomic E-state index is 12.3. The standard InChI is InChI=1S/C21H31F2N3O2/c1-15(27)24-18-5-2-16(3-6-18)8-11-26-12-9-17-4-7-21(28-14-20(22)23)25-19(17)10-13-26/h4,7,16,18,20H,2-3,5-6,8-14H2,1H3,(H,24,27). The predicted molar refractivity (Wildman–Crippen MR) is 104 cm³/mol. The molecule has 1 N–H and O–H groups in total. The minimum absolute atomic E-state index is 0.0731. The second kappa shape index (κ2) is 10.1. The number of ether oxygens (including phenoxy) is 1. The Kier molecular flexibility index (Phi) is 7.59. The van der Waals surface area contributed by atoms with Gasteiger partial charge < -0.3 is 15.0 Å². The Morgan fingerprint density at radius 1 is 1.25 bits per heavy atom. The first kappa shape index (κ1) is 21.0. The van der Waals surface area contributed by atoms with Crippen molar-refractivity contribution in [2.45, 2.75) is 64.3 Å². The number of amides is 1.